The van der Waals surface area contributed by atoms with Crippen LogP contribution in [0.4, 0.5) is 14.7 Å². The topological polar surface area (TPSA) is 124 Å². The van der Waals surface area contributed by atoms with E-state index in [1.165, 1.54) is 10.9 Å². The summed E-state index contributed by atoms with van der Waals surface area (Å²) in [7, 11) is -3.69. The number of nitrogens with two attached hydrogens (primary N) is 1. The maximum atomic E-state index is 16.0. The standard InChI is InChI=1S/C17H24F2N5O5P/c1-5-26-12-10-11(22-15(20)23-12)24(8-21-10)14-16(4,18)13-17(19,28-14)7-27-30(25,29-13)6-9(2)3/h8-9,13-14H,5-7H2,1-4H3,(H2,20,22,23)/t13-,14+,16+,17+,30?/m0/s1. The molecule has 13 heteroatoms. The summed E-state index contributed by atoms with van der Waals surface area (Å²) in [5, 5.41) is 0. The molecule has 2 aliphatic heterocycles. The monoisotopic (exact) mass is 447 g/mol. The van der Waals surface area contributed by atoms with Crippen molar-refractivity contribution < 1.29 is 31.9 Å². The number of alkyl halides is 2. The summed E-state index contributed by atoms with van der Waals surface area (Å²) in [6, 6.07) is 0. The molecule has 0 saturated carbocycles. The largest absolute Gasteiger partial charge is 0.476 e. The molecular weight excluding hydrogens is 423 g/mol. The third-order valence-electron chi connectivity index (χ3n) is 4.95. The van der Waals surface area contributed by atoms with Crippen LogP contribution in [0, 0.1) is 5.92 Å². The minimum Gasteiger partial charge on any atom is -0.476 e. The highest BCUT2D eigenvalue weighted by Crippen LogP contribution is 2.63. The van der Waals surface area contributed by atoms with E-state index in [9.17, 15) is 4.57 Å². The van der Waals surface area contributed by atoms with Crippen LogP contribution in [0.5, 0.6) is 5.88 Å². The Balaban J connectivity index is 1.74. The average molecular weight is 447 g/mol. The molecule has 2 aromatic rings. The minimum absolute atomic E-state index is 0.0375. The van der Waals surface area contributed by atoms with Gasteiger partial charge in [0.1, 0.15) is 6.61 Å². The molecule has 0 aromatic carbocycles. The van der Waals surface area contributed by atoms with E-state index >= 15 is 8.78 Å². The van der Waals surface area contributed by atoms with E-state index in [4.69, 9.17) is 24.3 Å². The van der Waals surface area contributed by atoms with Gasteiger partial charge in [0, 0.05) is 0 Å². The first-order valence-electron chi connectivity index (χ1n) is 9.59. The molecule has 2 aromatic heterocycles. The van der Waals surface area contributed by atoms with Crippen LogP contribution < -0.4 is 10.5 Å². The zero-order chi connectivity index (χ0) is 21.9. The lowest BCUT2D eigenvalue weighted by atomic mass is 9.97. The van der Waals surface area contributed by atoms with Gasteiger partial charge in [-0.25, -0.2) is 13.8 Å². The van der Waals surface area contributed by atoms with Gasteiger partial charge in [-0.15, -0.1) is 0 Å². The van der Waals surface area contributed by atoms with Gasteiger partial charge in [-0.2, -0.15) is 9.97 Å². The second kappa shape index (κ2) is 7.08. The van der Waals surface area contributed by atoms with Crippen LogP contribution in [0.2, 0.25) is 0 Å². The zero-order valence-corrected chi connectivity index (χ0v) is 17.9. The van der Waals surface area contributed by atoms with Crippen molar-refractivity contribution >= 4 is 24.7 Å². The van der Waals surface area contributed by atoms with Crippen LogP contribution in [-0.4, -0.2) is 56.5 Å². The predicted octanol–water partition coefficient (Wildman–Crippen LogP) is 2.99. The first kappa shape index (κ1) is 21.4. The van der Waals surface area contributed by atoms with E-state index in [1.807, 2.05) is 13.8 Å². The molecular formula is C17H24F2N5O5P. The Morgan fingerprint density at radius 2 is 2.17 bits per heavy atom. The molecule has 4 heterocycles. The molecule has 0 radical (unpaired) electrons. The van der Waals surface area contributed by atoms with E-state index in [0.29, 0.717) is 6.61 Å². The Morgan fingerprint density at radius 1 is 1.43 bits per heavy atom. The zero-order valence-electron chi connectivity index (χ0n) is 17.0. The Bertz CT molecular complexity index is 1020. The average Bonchev–Trinajstić information content (AvgIpc) is 3.13. The van der Waals surface area contributed by atoms with Crippen molar-refractivity contribution in [3.05, 3.63) is 6.33 Å². The summed E-state index contributed by atoms with van der Waals surface area (Å²) in [5.41, 5.74) is 3.64. The molecule has 2 aliphatic rings. The second-order valence-corrected chi connectivity index (χ2v) is 10.1. The summed E-state index contributed by atoms with van der Waals surface area (Å²) in [4.78, 5) is 12.2. The maximum Gasteiger partial charge on any atom is 0.331 e. The molecule has 10 nitrogen and oxygen atoms in total. The van der Waals surface area contributed by atoms with Gasteiger partial charge < -0.3 is 19.7 Å². The lowest BCUT2D eigenvalue weighted by molar-refractivity contribution is -0.214. The van der Waals surface area contributed by atoms with Crippen LogP contribution in [0.15, 0.2) is 6.33 Å². The number of nitrogen functional groups attached to an aromatic ring is 1. The summed E-state index contributed by atoms with van der Waals surface area (Å²) in [6.07, 6.45) is -2.03. The van der Waals surface area contributed by atoms with Crippen LogP contribution in [0.1, 0.15) is 33.9 Å². The SMILES string of the molecule is CCOc1nc(N)nc2c1ncn2[C@@H]1O[C@]2(F)COP(=O)(CC(C)C)O[C@H]2[C@@]1(C)F. The molecule has 2 saturated heterocycles. The number of imidazole rings is 1. The van der Waals surface area contributed by atoms with Gasteiger partial charge in [-0.3, -0.25) is 13.7 Å². The minimum atomic E-state index is -3.69. The van der Waals surface area contributed by atoms with Gasteiger partial charge in [-0.05, 0) is 19.8 Å². The lowest BCUT2D eigenvalue weighted by Crippen LogP contribution is -2.51. The number of rotatable bonds is 5. The molecule has 166 valence electrons. The summed E-state index contributed by atoms with van der Waals surface area (Å²) in [5.74, 6) is -2.71. The number of anilines is 1. The first-order chi connectivity index (χ1) is 14.0. The van der Waals surface area contributed by atoms with E-state index < -0.39 is 38.1 Å². The van der Waals surface area contributed by atoms with Gasteiger partial charge in [-0.1, -0.05) is 13.8 Å². The Labute approximate surface area is 171 Å². The van der Waals surface area contributed by atoms with Crippen molar-refractivity contribution in [2.45, 2.75) is 51.6 Å². The van der Waals surface area contributed by atoms with Crippen molar-refractivity contribution in [1.82, 2.24) is 19.5 Å². The van der Waals surface area contributed by atoms with Gasteiger partial charge >= 0.3 is 7.60 Å². The number of aromatic nitrogens is 4. The molecule has 30 heavy (non-hydrogen) atoms. The van der Waals surface area contributed by atoms with Crippen LogP contribution in [0.3, 0.4) is 0 Å². The van der Waals surface area contributed by atoms with Crippen molar-refractivity contribution in [3.63, 3.8) is 0 Å². The highest BCUT2D eigenvalue weighted by molar-refractivity contribution is 7.53. The smallest absolute Gasteiger partial charge is 0.331 e. The van der Waals surface area contributed by atoms with Crippen LogP contribution in [0.25, 0.3) is 11.2 Å². The molecule has 2 N–H and O–H groups in total. The van der Waals surface area contributed by atoms with E-state index in [1.54, 1.807) is 6.92 Å². The molecule has 5 atom stereocenters. The number of ether oxygens (including phenoxy) is 2. The van der Waals surface area contributed by atoms with Gasteiger partial charge in [0.2, 0.25) is 11.8 Å². The Hall–Kier alpha value is -1.88. The van der Waals surface area contributed by atoms with Crippen molar-refractivity contribution in [3.8, 4) is 5.88 Å². The van der Waals surface area contributed by atoms with Gasteiger partial charge in [0.25, 0.3) is 5.85 Å². The summed E-state index contributed by atoms with van der Waals surface area (Å²) >= 11 is 0. The molecule has 0 amide bonds. The molecule has 2 fully saturated rings. The fourth-order valence-electron chi connectivity index (χ4n) is 3.77. The number of hydrogen-bond acceptors (Lipinski definition) is 9. The van der Waals surface area contributed by atoms with E-state index in [0.717, 1.165) is 6.92 Å². The van der Waals surface area contributed by atoms with Gasteiger partial charge in [0.05, 0.1) is 19.1 Å². The van der Waals surface area contributed by atoms with Crippen LogP contribution >= 0.6 is 7.60 Å². The van der Waals surface area contributed by atoms with E-state index in [-0.39, 0.29) is 35.1 Å². The molecule has 0 spiro atoms. The fourth-order valence-corrected chi connectivity index (χ4v) is 5.97. The molecule has 0 bridgehead atoms. The number of fused-ring (bicyclic) bond motifs is 2. The highest BCUT2D eigenvalue weighted by atomic mass is 31.2. The predicted molar refractivity (Wildman–Crippen MR) is 103 cm³/mol. The first-order valence-corrected chi connectivity index (χ1v) is 11.3. The van der Waals surface area contributed by atoms with Crippen molar-refractivity contribution in [2.24, 2.45) is 5.92 Å². The lowest BCUT2D eigenvalue weighted by Gasteiger charge is -2.37. The third kappa shape index (κ3) is 3.35. The van der Waals surface area contributed by atoms with Crippen LogP contribution in [-0.2, 0) is 18.3 Å². The maximum absolute atomic E-state index is 16.0. The quantitative estimate of drug-likeness (QED) is 0.689. The Morgan fingerprint density at radius 3 is 2.83 bits per heavy atom. The van der Waals surface area contributed by atoms with E-state index in [2.05, 4.69) is 15.0 Å². The summed E-state index contributed by atoms with van der Waals surface area (Å²) < 4.78 is 67.0. The summed E-state index contributed by atoms with van der Waals surface area (Å²) in [6.45, 7) is 6.07. The van der Waals surface area contributed by atoms with Gasteiger partial charge in [0.15, 0.2) is 29.2 Å². The fraction of sp³-hybridized carbons (Fsp3) is 0.706. The number of halogens is 2. The van der Waals surface area contributed by atoms with Crippen molar-refractivity contribution in [2.75, 3.05) is 25.1 Å². The van der Waals surface area contributed by atoms with Crippen molar-refractivity contribution in [1.29, 1.82) is 0 Å². The molecule has 1 unspecified atom stereocenters. The molecule has 0 aliphatic carbocycles. The third-order valence-corrected chi connectivity index (χ3v) is 7.18. The molecule has 4 rings (SSSR count). The number of nitrogens with zero attached hydrogens (tertiary/aromatic N) is 4. The Kier molecular flexibility index (Phi) is 5.04. The normalized spacial score (nSPS) is 36.4. The highest BCUT2D eigenvalue weighted by Gasteiger charge is 2.69. The second-order valence-electron chi connectivity index (χ2n) is 8.00. The number of hydrogen-bond donors (Lipinski definition) is 1.